The van der Waals surface area contributed by atoms with Crippen LogP contribution < -0.4 is 9.80 Å². The van der Waals surface area contributed by atoms with Crippen molar-refractivity contribution in [2.75, 3.05) is 36.0 Å². The van der Waals surface area contributed by atoms with Crippen LogP contribution in [0, 0.1) is 12.7 Å². The number of aromatic nitrogens is 4. The second-order valence-electron chi connectivity index (χ2n) is 5.17. The van der Waals surface area contributed by atoms with Crippen LogP contribution in [0.5, 0.6) is 0 Å². The molecule has 1 saturated heterocycles. The van der Waals surface area contributed by atoms with Crippen LogP contribution in [0.15, 0.2) is 18.5 Å². The zero-order valence-electron chi connectivity index (χ0n) is 12.5. The molecule has 0 bridgehead atoms. The van der Waals surface area contributed by atoms with Crippen LogP contribution in [0.3, 0.4) is 0 Å². The summed E-state index contributed by atoms with van der Waals surface area (Å²) in [5.74, 6) is 0.788. The summed E-state index contributed by atoms with van der Waals surface area (Å²) in [6.07, 6.45) is -0.376. The largest absolute Gasteiger partial charge is 0.353 e. The third-order valence-corrected chi connectivity index (χ3v) is 3.56. The second-order valence-corrected chi connectivity index (χ2v) is 5.17. The molecular formula is C14H15F3N6. The predicted octanol–water partition coefficient (Wildman–Crippen LogP) is 1.98. The first-order valence-electron chi connectivity index (χ1n) is 7.14. The van der Waals surface area contributed by atoms with Gasteiger partial charge in [-0.15, -0.1) is 0 Å². The standard InChI is InChI=1S/C14H15F3N6/c1-9-20-11(13(16)17)6-12(21-9)22-2-4-23(5-3-22)14-18-7-10(15)8-19-14/h6-8,13H,2-5H2,1H3. The minimum atomic E-state index is -2.62. The van der Waals surface area contributed by atoms with Gasteiger partial charge in [0, 0.05) is 32.2 Å². The van der Waals surface area contributed by atoms with Gasteiger partial charge in [-0.2, -0.15) is 0 Å². The van der Waals surface area contributed by atoms with Crippen molar-refractivity contribution in [2.45, 2.75) is 13.3 Å². The summed E-state index contributed by atoms with van der Waals surface area (Å²) in [6, 6.07) is 1.32. The summed E-state index contributed by atoms with van der Waals surface area (Å²) in [4.78, 5) is 19.7. The van der Waals surface area contributed by atoms with Crippen molar-refractivity contribution in [3.05, 3.63) is 35.8 Å². The zero-order chi connectivity index (χ0) is 16.4. The molecule has 0 N–H and O–H groups in total. The average Bonchev–Trinajstić information content (AvgIpc) is 2.55. The lowest BCUT2D eigenvalue weighted by molar-refractivity contribution is 0.145. The van der Waals surface area contributed by atoms with Crippen LogP contribution in [0.4, 0.5) is 24.9 Å². The molecule has 3 heterocycles. The third kappa shape index (κ3) is 3.49. The Balaban J connectivity index is 1.70. The number of hydrogen-bond donors (Lipinski definition) is 0. The lowest BCUT2D eigenvalue weighted by Gasteiger charge is -2.35. The summed E-state index contributed by atoms with van der Waals surface area (Å²) in [5.41, 5.74) is -0.267. The Morgan fingerprint density at radius 2 is 1.61 bits per heavy atom. The Morgan fingerprint density at radius 3 is 2.22 bits per heavy atom. The molecule has 23 heavy (non-hydrogen) atoms. The van der Waals surface area contributed by atoms with E-state index < -0.39 is 12.2 Å². The lowest BCUT2D eigenvalue weighted by Crippen LogP contribution is -2.47. The fourth-order valence-electron chi connectivity index (χ4n) is 2.45. The van der Waals surface area contributed by atoms with Crippen molar-refractivity contribution < 1.29 is 13.2 Å². The van der Waals surface area contributed by atoms with Gasteiger partial charge in [0.1, 0.15) is 17.3 Å². The van der Waals surface area contributed by atoms with Crippen LogP contribution >= 0.6 is 0 Å². The first-order valence-corrected chi connectivity index (χ1v) is 7.14. The van der Waals surface area contributed by atoms with Crippen molar-refractivity contribution >= 4 is 11.8 Å². The average molecular weight is 324 g/mol. The van der Waals surface area contributed by atoms with Crippen LogP contribution in [0.25, 0.3) is 0 Å². The Morgan fingerprint density at radius 1 is 1.00 bits per heavy atom. The Kier molecular flexibility index (Phi) is 4.26. The molecule has 0 aromatic carbocycles. The monoisotopic (exact) mass is 324 g/mol. The van der Waals surface area contributed by atoms with Gasteiger partial charge in [0.2, 0.25) is 5.95 Å². The fraction of sp³-hybridized carbons (Fsp3) is 0.429. The van der Waals surface area contributed by atoms with Crippen molar-refractivity contribution in [1.29, 1.82) is 0 Å². The molecule has 0 aliphatic carbocycles. The first kappa shape index (κ1) is 15.4. The summed E-state index contributed by atoms with van der Waals surface area (Å²) in [5, 5.41) is 0. The Bertz CT molecular complexity index is 671. The van der Waals surface area contributed by atoms with Crippen molar-refractivity contribution in [2.24, 2.45) is 0 Å². The van der Waals surface area contributed by atoms with Crippen LogP contribution in [-0.4, -0.2) is 46.1 Å². The molecule has 2 aromatic heterocycles. The van der Waals surface area contributed by atoms with E-state index in [1.807, 2.05) is 9.80 Å². The number of rotatable bonds is 3. The van der Waals surface area contributed by atoms with E-state index in [0.717, 1.165) is 12.4 Å². The highest BCUT2D eigenvalue weighted by atomic mass is 19.3. The molecule has 6 nitrogen and oxygen atoms in total. The molecule has 0 amide bonds. The number of anilines is 2. The summed E-state index contributed by atoms with van der Waals surface area (Å²) < 4.78 is 38.5. The molecule has 1 aliphatic heterocycles. The Labute approximate surface area is 131 Å². The SMILES string of the molecule is Cc1nc(C(F)F)cc(N2CCN(c3ncc(F)cn3)CC2)n1. The van der Waals surface area contributed by atoms with Crippen molar-refractivity contribution in [1.82, 2.24) is 19.9 Å². The minimum absolute atomic E-state index is 0.267. The van der Waals surface area contributed by atoms with Gasteiger partial charge in [0.05, 0.1) is 12.4 Å². The number of halogens is 3. The quantitative estimate of drug-likeness (QED) is 0.860. The van der Waals surface area contributed by atoms with E-state index in [2.05, 4.69) is 19.9 Å². The van der Waals surface area contributed by atoms with Crippen LogP contribution in [0.1, 0.15) is 17.9 Å². The maximum atomic E-state index is 12.9. The van der Waals surface area contributed by atoms with Gasteiger partial charge in [-0.1, -0.05) is 0 Å². The highest BCUT2D eigenvalue weighted by molar-refractivity contribution is 5.43. The van der Waals surface area contributed by atoms with E-state index in [0.29, 0.717) is 43.8 Å². The number of piperazine rings is 1. The summed E-state index contributed by atoms with van der Waals surface area (Å²) in [7, 11) is 0. The topological polar surface area (TPSA) is 58.0 Å². The maximum absolute atomic E-state index is 12.9. The van der Waals surface area contributed by atoms with E-state index >= 15 is 0 Å². The molecule has 122 valence electrons. The van der Waals surface area contributed by atoms with Gasteiger partial charge in [-0.3, -0.25) is 0 Å². The van der Waals surface area contributed by atoms with Crippen molar-refractivity contribution in [3.8, 4) is 0 Å². The second kappa shape index (κ2) is 6.35. The third-order valence-electron chi connectivity index (χ3n) is 3.56. The zero-order valence-corrected chi connectivity index (χ0v) is 12.5. The molecule has 0 atom stereocenters. The van der Waals surface area contributed by atoms with Gasteiger partial charge in [0.25, 0.3) is 6.43 Å². The van der Waals surface area contributed by atoms with E-state index in [1.165, 1.54) is 6.07 Å². The van der Waals surface area contributed by atoms with E-state index in [4.69, 9.17) is 0 Å². The lowest BCUT2D eigenvalue weighted by atomic mass is 10.3. The van der Waals surface area contributed by atoms with Gasteiger partial charge < -0.3 is 9.80 Å². The number of nitrogens with zero attached hydrogens (tertiary/aromatic N) is 6. The molecule has 0 spiro atoms. The molecule has 1 fully saturated rings. The van der Waals surface area contributed by atoms with Crippen molar-refractivity contribution in [3.63, 3.8) is 0 Å². The van der Waals surface area contributed by atoms with Gasteiger partial charge in [0.15, 0.2) is 5.82 Å². The molecule has 3 rings (SSSR count). The number of hydrogen-bond acceptors (Lipinski definition) is 6. The molecular weight excluding hydrogens is 309 g/mol. The van der Waals surface area contributed by atoms with Gasteiger partial charge >= 0.3 is 0 Å². The van der Waals surface area contributed by atoms with Gasteiger partial charge in [-0.25, -0.2) is 33.1 Å². The van der Waals surface area contributed by atoms with Crippen LogP contribution in [0.2, 0.25) is 0 Å². The van der Waals surface area contributed by atoms with E-state index in [1.54, 1.807) is 6.92 Å². The molecule has 2 aromatic rings. The maximum Gasteiger partial charge on any atom is 0.280 e. The minimum Gasteiger partial charge on any atom is -0.353 e. The molecule has 0 radical (unpaired) electrons. The first-order chi connectivity index (χ1) is 11.0. The number of alkyl halides is 2. The molecule has 0 unspecified atom stereocenters. The predicted molar refractivity (Wildman–Crippen MR) is 78.1 cm³/mol. The fourth-order valence-corrected chi connectivity index (χ4v) is 2.45. The Hall–Kier alpha value is -2.45. The van der Waals surface area contributed by atoms with E-state index in [-0.39, 0.29) is 5.69 Å². The highest BCUT2D eigenvalue weighted by Crippen LogP contribution is 2.22. The summed E-state index contributed by atoms with van der Waals surface area (Å²) >= 11 is 0. The van der Waals surface area contributed by atoms with Crippen LogP contribution in [-0.2, 0) is 0 Å². The normalized spacial score (nSPS) is 15.3. The molecule has 0 saturated carbocycles. The molecule has 1 aliphatic rings. The summed E-state index contributed by atoms with van der Waals surface area (Å²) in [6.45, 7) is 3.95. The number of aryl methyl sites for hydroxylation is 1. The highest BCUT2D eigenvalue weighted by Gasteiger charge is 2.22. The van der Waals surface area contributed by atoms with Gasteiger partial charge in [-0.05, 0) is 6.92 Å². The smallest absolute Gasteiger partial charge is 0.280 e. The molecule has 9 heteroatoms. The van der Waals surface area contributed by atoms with E-state index in [9.17, 15) is 13.2 Å².